The predicted molar refractivity (Wildman–Crippen MR) is 129 cm³/mol. The Morgan fingerprint density at radius 1 is 1.17 bits per heavy atom. The molecule has 0 aliphatic carbocycles. The van der Waals surface area contributed by atoms with E-state index in [-0.39, 0.29) is 23.9 Å². The third-order valence-electron chi connectivity index (χ3n) is 6.94. The molecule has 3 aromatic rings. The SMILES string of the molecule is CCn1nc(C)c2c1CCN([C@@H](C(=O)NC)c1ccccc1)[C@H]2CCc1cccc(C(F)(F)F)c1F. The Bertz CT molecular complexity index is 1220. The van der Waals surface area contributed by atoms with Crippen LogP contribution in [-0.2, 0) is 30.4 Å². The van der Waals surface area contributed by atoms with Gasteiger partial charge < -0.3 is 5.32 Å². The van der Waals surface area contributed by atoms with E-state index in [2.05, 4.69) is 15.3 Å². The summed E-state index contributed by atoms with van der Waals surface area (Å²) < 4.78 is 56.7. The van der Waals surface area contributed by atoms with Crippen molar-refractivity contribution in [3.8, 4) is 0 Å². The van der Waals surface area contributed by atoms with Gasteiger partial charge in [0, 0.05) is 43.9 Å². The molecule has 0 fully saturated rings. The van der Waals surface area contributed by atoms with Gasteiger partial charge in [0.15, 0.2) is 0 Å². The summed E-state index contributed by atoms with van der Waals surface area (Å²) in [7, 11) is 1.58. The number of alkyl halides is 3. The van der Waals surface area contributed by atoms with E-state index in [1.165, 1.54) is 12.1 Å². The highest BCUT2D eigenvalue weighted by Gasteiger charge is 2.40. The third kappa shape index (κ3) is 4.89. The summed E-state index contributed by atoms with van der Waals surface area (Å²) in [4.78, 5) is 15.2. The highest BCUT2D eigenvalue weighted by molar-refractivity contribution is 5.83. The van der Waals surface area contributed by atoms with Gasteiger partial charge in [-0.3, -0.25) is 14.4 Å². The summed E-state index contributed by atoms with van der Waals surface area (Å²) in [5.74, 6) is -1.42. The van der Waals surface area contributed by atoms with Crippen LogP contribution in [-0.4, -0.2) is 34.2 Å². The number of rotatable bonds is 7. The first-order valence-corrected chi connectivity index (χ1v) is 12.1. The highest BCUT2D eigenvalue weighted by Crippen LogP contribution is 2.41. The Hall–Kier alpha value is -3.20. The smallest absolute Gasteiger partial charge is 0.358 e. The Morgan fingerprint density at radius 2 is 1.89 bits per heavy atom. The van der Waals surface area contributed by atoms with E-state index in [0.29, 0.717) is 25.9 Å². The number of hydrogen-bond donors (Lipinski definition) is 1. The first-order valence-electron chi connectivity index (χ1n) is 12.1. The molecule has 2 atom stereocenters. The monoisotopic (exact) mass is 502 g/mol. The van der Waals surface area contributed by atoms with Crippen molar-refractivity contribution >= 4 is 5.91 Å². The maximum atomic E-state index is 14.8. The van der Waals surface area contributed by atoms with E-state index in [9.17, 15) is 22.4 Å². The Balaban J connectivity index is 1.76. The molecule has 0 saturated carbocycles. The van der Waals surface area contributed by atoms with Gasteiger partial charge in [-0.15, -0.1) is 0 Å². The molecule has 192 valence electrons. The first kappa shape index (κ1) is 25.9. The number of aromatic nitrogens is 2. The summed E-state index contributed by atoms with van der Waals surface area (Å²) in [5, 5.41) is 7.44. The van der Waals surface area contributed by atoms with Gasteiger partial charge >= 0.3 is 6.18 Å². The summed E-state index contributed by atoms with van der Waals surface area (Å²) in [6.45, 7) is 5.15. The lowest BCUT2D eigenvalue weighted by Gasteiger charge is -2.41. The third-order valence-corrected chi connectivity index (χ3v) is 6.94. The van der Waals surface area contributed by atoms with Crippen molar-refractivity contribution in [3.05, 3.63) is 88.0 Å². The number of nitrogens with zero attached hydrogens (tertiary/aromatic N) is 3. The Labute approximate surface area is 208 Å². The molecular weight excluding hydrogens is 472 g/mol. The van der Waals surface area contributed by atoms with Crippen LogP contribution in [0.2, 0.25) is 0 Å². The van der Waals surface area contributed by atoms with Crippen LogP contribution in [0.5, 0.6) is 0 Å². The van der Waals surface area contributed by atoms with Gasteiger partial charge in [-0.1, -0.05) is 42.5 Å². The number of likely N-dealkylation sites (N-methyl/N-ethyl adjacent to an activating group) is 1. The lowest BCUT2D eigenvalue weighted by molar-refractivity contribution is -0.140. The van der Waals surface area contributed by atoms with Crippen molar-refractivity contribution in [2.75, 3.05) is 13.6 Å². The molecule has 1 N–H and O–H groups in total. The van der Waals surface area contributed by atoms with Crippen LogP contribution in [0.1, 0.15) is 59.1 Å². The minimum Gasteiger partial charge on any atom is -0.358 e. The molecule has 36 heavy (non-hydrogen) atoms. The molecule has 5 nitrogen and oxygen atoms in total. The van der Waals surface area contributed by atoms with E-state index in [1.807, 2.05) is 48.9 Å². The number of halogens is 4. The minimum absolute atomic E-state index is 0.00800. The minimum atomic E-state index is -4.76. The lowest BCUT2D eigenvalue weighted by atomic mass is 9.88. The van der Waals surface area contributed by atoms with Gasteiger partial charge in [0.05, 0.1) is 11.3 Å². The number of carbonyl (C=O) groups is 1. The molecule has 0 saturated heterocycles. The average Bonchev–Trinajstić information content (AvgIpc) is 3.19. The summed E-state index contributed by atoms with van der Waals surface area (Å²) >= 11 is 0. The van der Waals surface area contributed by atoms with Crippen LogP contribution in [0.3, 0.4) is 0 Å². The number of carbonyl (C=O) groups excluding carboxylic acids is 1. The zero-order valence-electron chi connectivity index (χ0n) is 20.6. The van der Waals surface area contributed by atoms with Crippen molar-refractivity contribution in [1.82, 2.24) is 20.0 Å². The molecule has 1 aliphatic heterocycles. The molecule has 1 aliphatic rings. The number of nitrogens with one attached hydrogen (secondary N) is 1. The summed E-state index contributed by atoms with van der Waals surface area (Å²) in [6, 6.07) is 11.9. The number of aryl methyl sites for hydroxylation is 3. The molecule has 0 bridgehead atoms. The number of fused-ring (bicyclic) bond motifs is 1. The van der Waals surface area contributed by atoms with Gasteiger partial charge in [0.2, 0.25) is 5.91 Å². The molecule has 1 aromatic heterocycles. The van der Waals surface area contributed by atoms with E-state index < -0.39 is 23.6 Å². The number of benzene rings is 2. The van der Waals surface area contributed by atoms with Crippen LogP contribution in [0.25, 0.3) is 0 Å². The molecular formula is C27H30F4N4O. The zero-order chi connectivity index (χ0) is 26.0. The maximum Gasteiger partial charge on any atom is 0.419 e. The fourth-order valence-electron chi connectivity index (χ4n) is 5.33. The van der Waals surface area contributed by atoms with Crippen LogP contribution in [0.15, 0.2) is 48.5 Å². The van der Waals surface area contributed by atoms with Crippen molar-refractivity contribution < 1.29 is 22.4 Å². The standard InChI is InChI=1S/C27H30F4N4O/c1-4-35-22-15-16-34(25(26(36)32-3)19-9-6-5-7-10-19)21(23(22)17(2)33-35)14-13-18-11-8-12-20(24(18)28)27(29,30)31/h5-12,21,25H,4,13-16H2,1-3H3,(H,32,36)/t21-,25+/m0/s1. The fourth-order valence-corrected chi connectivity index (χ4v) is 5.33. The van der Waals surface area contributed by atoms with Gasteiger partial charge in [-0.25, -0.2) is 4.39 Å². The second kappa shape index (κ2) is 10.4. The number of amides is 1. The zero-order valence-corrected chi connectivity index (χ0v) is 20.6. The van der Waals surface area contributed by atoms with Crippen LogP contribution < -0.4 is 5.32 Å². The lowest BCUT2D eigenvalue weighted by Crippen LogP contribution is -2.45. The summed E-state index contributed by atoms with van der Waals surface area (Å²) in [5.41, 5.74) is 2.41. The Morgan fingerprint density at radius 3 is 2.53 bits per heavy atom. The number of hydrogen-bond acceptors (Lipinski definition) is 3. The molecule has 0 unspecified atom stereocenters. The fraction of sp³-hybridized carbons (Fsp3) is 0.407. The quantitative estimate of drug-likeness (QED) is 0.441. The van der Waals surface area contributed by atoms with E-state index >= 15 is 0 Å². The van der Waals surface area contributed by atoms with E-state index in [4.69, 9.17) is 0 Å². The largest absolute Gasteiger partial charge is 0.419 e. The normalized spacial score (nSPS) is 17.0. The van der Waals surface area contributed by atoms with Gasteiger partial charge in [-0.2, -0.15) is 18.3 Å². The molecule has 4 rings (SSSR count). The first-order chi connectivity index (χ1) is 17.2. The van der Waals surface area contributed by atoms with E-state index in [1.54, 1.807) is 7.05 Å². The molecule has 0 radical (unpaired) electrons. The van der Waals surface area contributed by atoms with Crippen molar-refractivity contribution in [1.29, 1.82) is 0 Å². The average molecular weight is 503 g/mol. The molecule has 2 aromatic carbocycles. The van der Waals surface area contributed by atoms with Crippen molar-refractivity contribution in [2.45, 2.75) is 57.9 Å². The van der Waals surface area contributed by atoms with Gasteiger partial charge in [-0.05, 0) is 43.9 Å². The Kier molecular flexibility index (Phi) is 7.49. The van der Waals surface area contributed by atoms with Crippen molar-refractivity contribution in [3.63, 3.8) is 0 Å². The topological polar surface area (TPSA) is 50.2 Å². The molecule has 9 heteroatoms. The molecule has 2 heterocycles. The second-order valence-electron chi connectivity index (χ2n) is 9.01. The molecule has 0 spiro atoms. The van der Waals surface area contributed by atoms with E-state index in [0.717, 1.165) is 28.6 Å². The highest BCUT2D eigenvalue weighted by atomic mass is 19.4. The van der Waals surface area contributed by atoms with Crippen LogP contribution in [0.4, 0.5) is 17.6 Å². The second-order valence-corrected chi connectivity index (χ2v) is 9.01. The van der Waals surface area contributed by atoms with Gasteiger partial charge in [0.25, 0.3) is 0 Å². The van der Waals surface area contributed by atoms with Crippen molar-refractivity contribution in [2.24, 2.45) is 0 Å². The molecule has 1 amide bonds. The predicted octanol–water partition coefficient (Wildman–Crippen LogP) is 5.39. The van der Waals surface area contributed by atoms with Crippen LogP contribution >= 0.6 is 0 Å². The summed E-state index contributed by atoms with van der Waals surface area (Å²) in [6.07, 6.45) is -3.66. The maximum absolute atomic E-state index is 14.8. The van der Waals surface area contributed by atoms with Crippen LogP contribution in [0, 0.1) is 12.7 Å². The van der Waals surface area contributed by atoms with Gasteiger partial charge in [0.1, 0.15) is 11.9 Å².